The lowest BCUT2D eigenvalue weighted by atomic mass is 9.32. The molecule has 0 amide bonds. The highest BCUT2D eigenvalue weighted by Gasteiger charge is 2.70. The van der Waals surface area contributed by atoms with Gasteiger partial charge >= 0.3 is 5.97 Å². The smallest absolute Gasteiger partial charge is 0.331 e. The van der Waals surface area contributed by atoms with Gasteiger partial charge in [0, 0.05) is 16.9 Å². The van der Waals surface area contributed by atoms with Crippen molar-refractivity contribution in [3.63, 3.8) is 0 Å². The average molecular weight is 589 g/mol. The molecule has 236 valence electrons. The number of carbonyl (C=O) groups excluding carboxylic acids is 1. The van der Waals surface area contributed by atoms with Crippen molar-refractivity contribution >= 4 is 12.0 Å². The molecule has 5 aliphatic rings. The van der Waals surface area contributed by atoms with E-state index in [1.807, 2.05) is 0 Å². The maximum absolute atomic E-state index is 13.0. The summed E-state index contributed by atoms with van der Waals surface area (Å²) >= 11 is 0. The maximum Gasteiger partial charge on any atom is 0.331 e. The van der Waals surface area contributed by atoms with Crippen LogP contribution in [0, 0.1) is 50.2 Å². The van der Waals surface area contributed by atoms with Crippen molar-refractivity contribution < 1.29 is 19.7 Å². The van der Waals surface area contributed by atoms with Crippen LogP contribution in [0.2, 0.25) is 0 Å². The number of aliphatic hydroxyl groups excluding tert-OH is 1. The Morgan fingerprint density at radius 2 is 1.53 bits per heavy atom. The van der Waals surface area contributed by atoms with Gasteiger partial charge in [-0.3, -0.25) is 0 Å². The first-order chi connectivity index (χ1) is 20.0. The normalized spacial score (nSPS) is 44.8. The first kappa shape index (κ1) is 30.9. The molecule has 9 atom stereocenters. The van der Waals surface area contributed by atoms with Crippen LogP contribution in [-0.4, -0.2) is 28.4 Å². The molecule has 0 heterocycles. The number of rotatable bonds is 3. The summed E-state index contributed by atoms with van der Waals surface area (Å²) in [6.07, 6.45) is 15.4. The lowest BCUT2D eigenvalue weighted by Crippen LogP contribution is -2.67. The zero-order valence-corrected chi connectivity index (χ0v) is 28.0. The number of esters is 1. The van der Waals surface area contributed by atoms with Crippen LogP contribution in [-0.2, 0) is 9.53 Å². The van der Waals surface area contributed by atoms with Crippen LogP contribution in [0.4, 0.5) is 0 Å². The number of allylic oxidation sites excluding steroid dienone is 1. The van der Waals surface area contributed by atoms with Gasteiger partial charge in [0.1, 0.15) is 11.9 Å². The van der Waals surface area contributed by atoms with Crippen LogP contribution in [0.3, 0.4) is 0 Å². The molecule has 2 N–H and O–H groups in total. The predicted octanol–water partition coefficient (Wildman–Crippen LogP) is 9.11. The van der Waals surface area contributed by atoms with Crippen LogP contribution < -0.4 is 0 Å². The van der Waals surface area contributed by atoms with Gasteiger partial charge in [-0.1, -0.05) is 79.2 Å². The highest BCUT2D eigenvalue weighted by atomic mass is 16.5. The van der Waals surface area contributed by atoms with Crippen LogP contribution >= 0.6 is 0 Å². The monoisotopic (exact) mass is 588 g/mol. The molecule has 0 radical (unpaired) electrons. The fourth-order valence-electron chi connectivity index (χ4n) is 11.8. The number of ether oxygens (including phenoxy) is 1. The number of benzene rings is 1. The van der Waals surface area contributed by atoms with Crippen molar-refractivity contribution in [1.29, 1.82) is 0 Å². The summed E-state index contributed by atoms with van der Waals surface area (Å²) in [7, 11) is 0. The third kappa shape index (κ3) is 4.59. The fourth-order valence-corrected chi connectivity index (χ4v) is 11.8. The Morgan fingerprint density at radius 3 is 2.23 bits per heavy atom. The fraction of sp³-hybridized carbons (Fsp3) is 0.718. The third-order valence-electron chi connectivity index (χ3n) is 14.6. The molecule has 0 spiro atoms. The summed E-state index contributed by atoms with van der Waals surface area (Å²) in [6, 6.07) is 6.84. The lowest BCUT2D eigenvalue weighted by molar-refractivity contribution is -0.240. The molecule has 0 aromatic heterocycles. The summed E-state index contributed by atoms with van der Waals surface area (Å²) in [5, 5.41) is 21.4. The Kier molecular flexibility index (Phi) is 7.17. The van der Waals surface area contributed by atoms with Crippen LogP contribution in [0.1, 0.15) is 119 Å². The molecule has 0 saturated heterocycles. The molecule has 4 saturated carbocycles. The third-order valence-corrected chi connectivity index (χ3v) is 14.6. The van der Waals surface area contributed by atoms with E-state index in [1.165, 1.54) is 25.3 Å². The van der Waals surface area contributed by atoms with E-state index in [-0.39, 0.29) is 56.4 Å². The van der Waals surface area contributed by atoms with Crippen molar-refractivity contribution in [1.82, 2.24) is 0 Å². The second kappa shape index (κ2) is 9.96. The minimum atomic E-state index is -0.286. The zero-order valence-electron chi connectivity index (χ0n) is 28.0. The standard InChI is InChI=1S/C39H56O4/c1-34(2)21-22-36(5)28(23-34)27-14-15-30-37(6)19-18-32(43-33(42)16-11-25-9-12-26(40)13-10-25)35(3,4)29(37)17-20-38(30,7)39(27,8)24-31(36)41/h9-13,16,23,27,29-32,40-41H,14-15,17-22,24H2,1-8H3. The summed E-state index contributed by atoms with van der Waals surface area (Å²) < 4.78 is 6.20. The highest BCUT2D eigenvalue weighted by Crippen LogP contribution is 2.76. The lowest BCUT2D eigenvalue weighted by Gasteiger charge is -2.73. The number of hydrogen-bond acceptors (Lipinski definition) is 4. The molecule has 6 rings (SSSR count). The molecule has 43 heavy (non-hydrogen) atoms. The molecule has 4 fully saturated rings. The number of fused-ring (bicyclic) bond motifs is 7. The Bertz CT molecular complexity index is 1320. The van der Waals surface area contributed by atoms with Crippen molar-refractivity contribution in [2.45, 2.75) is 125 Å². The molecule has 9 unspecified atom stereocenters. The minimum Gasteiger partial charge on any atom is -0.508 e. The molecule has 1 aromatic rings. The van der Waals surface area contributed by atoms with Crippen molar-refractivity contribution in [2.75, 3.05) is 0 Å². The molecule has 5 aliphatic carbocycles. The Labute approximate surface area is 260 Å². The Balaban J connectivity index is 1.25. The Morgan fingerprint density at radius 1 is 0.837 bits per heavy atom. The first-order valence-electron chi connectivity index (χ1n) is 17.1. The SMILES string of the molecule is CC1(C)C=C2C3CCC4C5(C)CCC(OC(=O)C=Cc6ccc(O)cc6)C(C)(C)C5CCC4(C)C3(C)CC(O)C2(C)CC1. The van der Waals surface area contributed by atoms with Crippen LogP contribution in [0.15, 0.2) is 42.0 Å². The van der Waals surface area contributed by atoms with Crippen molar-refractivity contribution in [3.05, 3.63) is 47.6 Å². The van der Waals surface area contributed by atoms with Gasteiger partial charge in [0.15, 0.2) is 0 Å². The number of phenolic OH excluding ortho intramolecular Hbond substituents is 1. The second-order valence-corrected chi connectivity index (χ2v) is 17.6. The molecule has 0 aliphatic heterocycles. The van der Waals surface area contributed by atoms with E-state index >= 15 is 0 Å². The summed E-state index contributed by atoms with van der Waals surface area (Å²) in [4.78, 5) is 13.0. The van der Waals surface area contributed by atoms with Gasteiger partial charge in [-0.05, 0) is 121 Å². The van der Waals surface area contributed by atoms with Crippen molar-refractivity contribution in [2.24, 2.45) is 50.2 Å². The van der Waals surface area contributed by atoms with Gasteiger partial charge in [0.25, 0.3) is 0 Å². The largest absolute Gasteiger partial charge is 0.508 e. The molecule has 1 aromatic carbocycles. The topological polar surface area (TPSA) is 66.8 Å². The maximum atomic E-state index is 13.0. The second-order valence-electron chi connectivity index (χ2n) is 17.6. The number of phenols is 1. The molecule has 4 heteroatoms. The number of carbonyl (C=O) groups is 1. The molecular formula is C39H56O4. The number of aromatic hydroxyl groups is 1. The van der Waals surface area contributed by atoms with E-state index in [0.29, 0.717) is 17.8 Å². The van der Waals surface area contributed by atoms with Gasteiger partial charge < -0.3 is 14.9 Å². The number of aliphatic hydroxyl groups is 1. The molecular weight excluding hydrogens is 532 g/mol. The van der Waals surface area contributed by atoms with E-state index < -0.39 is 0 Å². The quantitative estimate of drug-likeness (QED) is 0.210. The predicted molar refractivity (Wildman–Crippen MR) is 173 cm³/mol. The van der Waals surface area contributed by atoms with Gasteiger partial charge in [0.05, 0.1) is 6.10 Å². The summed E-state index contributed by atoms with van der Waals surface area (Å²) in [5.41, 5.74) is 2.87. The molecule has 4 nitrogen and oxygen atoms in total. The van der Waals surface area contributed by atoms with E-state index in [2.05, 4.69) is 61.5 Å². The minimum absolute atomic E-state index is 0.0779. The number of hydrogen-bond donors (Lipinski definition) is 2. The van der Waals surface area contributed by atoms with E-state index in [4.69, 9.17) is 4.74 Å². The summed E-state index contributed by atoms with van der Waals surface area (Å²) in [5.74, 6) is 1.56. The van der Waals surface area contributed by atoms with Crippen LogP contribution in [0.25, 0.3) is 6.08 Å². The van der Waals surface area contributed by atoms with E-state index in [1.54, 1.807) is 35.9 Å². The van der Waals surface area contributed by atoms with Gasteiger partial charge in [0.2, 0.25) is 0 Å². The van der Waals surface area contributed by atoms with Gasteiger partial charge in [-0.25, -0.2) is 4.79 Å². The first-order valence-corrected chi connectivity index (χ1v) is 17.1. The molecule has 0 bridgehead atoms. The van der Waals surface area contributed by atoms with Gasteiger partial charge in [-0.15, -0.1) is 0 Å². The van der Waals surface area contributed by atoms with Crippen molar-refractivity contribution in [3.8, 4) is 5.75 Å². The highest BCUT2D eigenvalue weighted by molar-refractivity contribution is 5.87. The zero-order chi connectivity index (χ0) is 31.2. The summed E-state index contributed by atoms with van der Waals surface area (Å²) in [6.45, 7) is 19.5. The van der Waals surface area contributed by atoms with Gasteiger partial charge in [-0.2, -0.15) is 0 Å². The van der Waals surface area contributed by atoms with Crippen LogP contribution in [0.5, 0.6) is 5.75 Å². The average Bonchev–Trinajstić information content (AvgIpc) is 2.92. The van der Waals surface area contributed by atoms with E-state index in [0.717, 1.165) is 44.1 Å². The Hall–Kier alpha value is -2.07. The van der Waals surface area contributed by atoms with E-state index in [9.17, 15) is 15.0 Å².